The fourth-order valence-corrected chi connectivity index (χ4v) is 1.63. The lowest BCUT2D eigenvalue weighted by Crippen LogP contribution is -2.22. The summed E-state index contributed by atoms with van der Waals surface area (Å²) in [5.74, 6) is -1.34. The fraction of sp³-hybridized carbons (Fsp3) is 0.455. The Morgan fingerprint density at radius 1 is 1.45 bits per heavy atom. The van der Waals surface area contributed by atoms with Crippen molar-refractivity contribution in [2.24, 2.45) is 5.73 Å². The van der Waals surface area contributed by atoms with E-state index in [2.05, 4.69) is 9.72 Å². The highest BCUT2D eigenvalue weighted by Crippen LogP contribution is 2.37. The molecule has 1 aromatic heterocycles. The van der Waals surface area contributed by atoms with Gasteiger partial charge >= 0.3 is 12.1 Å². The largest absolute Gasteiger partial charge is 0.461 e. The van der Waals surface area contributed by atoms with Gasteiger partial charge in [0.05, 0.1) is 12.2 Å². The molecule has 0 aliphatic heterocycles. The van der Waals surface area contributed by atoms with Crippen molar-refractivity contribution in [3.05, 3.63) is 28.6 Å². The van der Waals surface area contributed by atoms with Crippen LogP contribution in [0.25, 0.3) is 0 Å². The van der Waals surface area contributed by atoms with Gasteiger partial charge in [-0.25, -0.2) is 18.6 Å². The minimum absolute atomic E-state index is 0.174. The molecule has 1 rings (SSSR count). The SMILES string of the molecule is CCOC(=O)c1ncc(C(F)F)c(CN)c1C(F)(F)F. The summed E-state index contributed by atoms with van der Waals surface area (Å²) in [6.45, 7) is 0.415. The lowest BCUT2D eigenvalue weighted by Gasteiger charge is -2.17. The molecule has 4 nitrogen and oxygen atoms in total. The topological polar surface area (TPSA) is 65.2 Å². The van der Waals surface area contributed by atoms with E-state index in [1.165, 1.54) is 6.92 Å². The molecule has 9 heteroatoms. The van der Waals surface area contributed by atoms with Crippen LogP contribution in [-0.4, -0.2) is 17.6 Å². The molecule has 0 fully saturated rings. The summed E-state index contributed by atoms with van der Waals surface area (Å²) in [6, 6.07) is 0. The van der Waals surface area contributed by atoms with Gasteiger partial charge in [-0.1, -0.05) is 0 Å². The van der Waals surface area contributed by atoms with Gasteiger partial charge in [-0.3, -0.25) is 0 Å². The summed E-state index contributed by atoms with van der Waals surface area (Å²) in [5.41, 5.74) is 0.670. The number of halogens is 5. The predicted molar refractivity (Wildman–Crippen MR) is 58.0 cm³/mol. The normalized spacial score (nSPS) is 11.8. The number of esters is 1. The monoisotopic (exact) mass is 298 g/mol. The maximum Gasteiger partial charge on any atom is 0.419 e. The third-order valence-electron chi connectivity index (χ3n) is 2.41. The molecule has 1 aromatic rings. The van der Waals surface area contributed by atoms with Gasteiger partial charge < -0.3 is 10.5 Å². The van der Waals surface area contributed by atoms with Crippen LogP contribution in [0.1, 0.15) is 40.5 Å². The predicted octanol–water partition coefficient (Wildman–Crippen LogP) is 2.67. The number of aromatic nitrogens is 1. The highest BCUT2D eigenvalue weighted by Gasteiger charge is 2.41. The van der Waals surface area contributed by atoms with Gasteiger partial charge in [-0.15, -0.1) is 0 Å². The number of ether oxygens (including phenoxy) is 1. The average Bonchev–Trinajstić information content (AvgIpc) is 2.35. The van der Waals surface area contributed by atoms with Crippen LogP contribution in [-0.2, 0) is 17.5 Å². The van der Waals surface area contributed by atoms with Crippen molar-refractivity contribution in [1.82, 2.24) is 4.98 Å². The number of alkyl halides is 5. The van der Waals surface area contributed by atoms with Gasteiger partial charge in [-0.2, -0.15) is 13.2 Å². The first-order valence-corrected chi connectivity index (χ1v) is 5.48. The Hall–Kier alpha value is -1.77. The van der Waals surface area contributed by atoms with Gasteiger partial charge in [0.2, 0.25) is 0 Å². The first-order chi connectivity index (χ1) is 9.23. The lowest BCUT2D eigenvalue weighted by atomic mass is 10.0. The molecule has 0 radical (unpaired) electrons. The van der Waals surface area contributed by atoms with E-state index < -0.39 is 47.5 Å². The molecule has 112 valence electrons. The third-order valence-corrected chi connectivity index (χ3v) is 2.41. The minimum atomic E-state index is -5.05. The van der Waals surface area contributed by atoms with E-state index in [9.17, 15) is 26.7 Å². The summed E-state index contributed by atoms with van der Waals surface area (Å²) >= 11 is 0. The van der Waals surface area contributed by atoms with Crippen molar-refractivity contribution in [2.45, 2.75) is 26.1 Å². The standard InChI is InChI=1S/C11H11F5N2O2/c1-2-20-10(19)8-7(11(14,15)16)5(3-17)6(4-18-8)9(12)13/h4,9H,2-3,17H2,1H3. The Bertz CT molecular complexity index is 502. The first-order valence-electron chi connectivity index (χ1n) is 5.48. The fourth-order valence-electron chi connectivity index (χ4n) is 1.63. The molecular formula is C11H11F5N2O2. The Labute approximate surface area is 110 Å². The Morgan fingerprint density at radius 2 is 2.05 bits per heavy atom. The summed E-state index contributed by atoms with van der Waals surface area (Å²) in [4.78, 5) is 14.6. The van der Waals surface area contributed by atoms with Crippen LogP contribution in [0.3, 0.4) is 0 Å². The summed E-state index contributed by atoms with van der Waals surface area (Å²) in [5, 5.41) is 0. The lowest BCUT2D eigenvalue weighted by molar-refractivity contribution is -0.139. The Balaban J connectivity index is 3.58. The molecule has 0 bridgehead atoms. The smallest absolute Gasteiger partial charge is 0.419 e. The van der Waals surface area contributed by atoms with Gasteiger partial charge in [0.25, 0.3) is 6.43 Å². The minimum Gasteiger partial charge on any atom is -0.461 e. The molecule has 0 amide bonds. The molecule has 0 aliphatic carbocycles. The van der Waals surface area contributed by atoms with Crippen molar-refractivity contribution in [1.29, 1.82) is 0 Å². The summed E-state index contributed by atoms with van der Waals surface area (Å²) < 4.78 is 68.8. The maximum absolute atomic E-state index is 13.0. The highest BCUT2D eigenvalue weighted by molar-refractivity contribution is 5.89. The van der Waals surface area contributed by atoms with E-state index in [1.807, 2.05) is 0 Å². The van der Waals surface area contributed by atoms with Crippen LogP contribution in [0.4, 0.5) is 22.0 Å². The quantitative estimate of drug-likeness (QED) is 0.685. The number of hydrogen-bond donors (Lipinski definition) is 1. The summed E-state index contributed by atoms with van der Waals surface area (Å²) in [7, 11) is 0. The molecule has 20 heavy (non-hydrogen) atoms. The van der Waals surface area contributed by atoms with Crippen molar-refractivity contribution < 1.29 is 31.5 Å². The Morgan fingerprint density at radius 3 is 2.45 bits per heavy atom. The second kappa shape index (κ2) is 6.12. The number of rotatable bonds is 4. The summed E-state index contributed by atoms with van der Waals surface area (Å²) in [6.07, 6.45) is -7.72. The molecule has 0 aliphatic rings. The van der Waals surface area contributed by atoms with Crippen LogP contribution in [0.5, 0.6) is 0 Å². The van der Waals surface area contributed by atoms with E-state index in [1.54, 1.807) is 0 Å². The average molecular weight is 298 g/mol. The zero-order valence-electron chi connectivity index (χ0n) is 10.3. The molecule has 1 heterocycles. The highest BCUT2D eigenvalue weighted by atomic mass is 19.4. The molecular weight excluding hydrogens is 287 g/mol. The van der Waals surface area contributed by atoms with Crippen LogP contribution < -0.4 is 5.73 Å². The molecule has 0 aromatic carbocycles. The van der Waals surface area contributed by atoms with Crippen LogP contribution in [0.2, 0.25) is 0 Å². The van der Waals surface area contributed by atoms with E-state index >= 15 is 0 Å². The van der Waals surface area contributed by atoms with Gasteiger partial charge in [-0.05, 0) is 12.5 Å². The molecule has 0 atom stereocenters. The molecule has 0 unspecified atom stereocenters. The zero-order valence-corrected chi connectivity index (χ0v) is 10.3. The second-order valence-corrected chi connectivity index (χ2v) is 3.64. The molecule has 0 saturated heterocycles. The van der Waals surface area contributed by atoms with Crippen LogP contribution in [0.15, 0.2) is 6.20 Å². The number of pyridine rings is 1. The van der Waals surface area contributed by atoms with Crippen molar-refractivity contribution in [3.63, 3.8) is 0 Å². The van der Waals surface area contributed by atoms with Crippen molar-refractivity contribution in [3.8, 4) is 0 Å². The van der Waals surface area contributed by atoms with E-state index in [0.29, 0.717) is 6.20 Å². The number of hydrogen-bond acceptors (Lipinski definition) is 4. The second-order valence-electron chi connectivity index (χ2n) is 3.64. The maximum atomic E-state index is 13.0. The number of nitrogens with zero attached hydrogens (tertiary/aromatic N) is 1. The van der Waals surface area contributed by atoms with Gasteiger partial charge in [0, 0.05) is 18.3 Å². The molecule has 0 saturated carbocycles. The number of nitrogens with two attached hydrogens (primary N) is 1. The number of carbonyl (C=O) groups is 1. The van der Waals surface area contributed by atoms with Gasteiger partial charge in [0.15, 0.2) is 5.69 Å². The van der Waals surface area contributed by atoms with Crippen molar-refractivity contribution >= 4 is 5.97 Å². The van der Waals surface area contributed by atoms with Crippen molar-refractivity contribution in [2.75, 3.05) is 6.61 Å². The molecule has 2 N–H and O–H groups in total. The Kier molecular flexibility index (Phi) is 4.98. The zero-order chi connectivity index (χ0) is 15.5. The number of carbonyl (C=O) groups excluding carboxylic acids is 1. The van der Waals surface area contributed by atoms with Crippen LogP contribution >= 0.6 is 0 Å². The molecule has 0 spiro atoms. The van der Waals surface area contributed by atoms with E-state index in [-0.39, 0.29) is 6.61 Å². The van der Waals surface area contributed by atoms with Gasteiger partial charge in [0.1, 0.15) is 0 Å². The van der Waals surface area contributed by atoms with E-state index in [4.69, 9.17) is 5.73 Å². The van der Waals surface area contributed by atoms with Crippen LogP contribution in [0, 0.1) is 0 Å². The van der Waals surface area contributed by atoms with E-state index in [0.717, 1.165) is 0 Å². The first kappa shape index (κ1) is 16.3. The third kappa shape index (κ3) is 3.21.